The number of hydrogen-bond donors (Lipinski definition) is 1. The Labute approximate surface area is 206 Å². The minimum Gasteiger partial charge on any atom is -0.495 e. The first-order chi connectivity index (χ1) is 17.3. The van der Waals surface area contributed by atoms with E-state index in [0.29, 0.717) is 17.7 Å². The lowest BCUT2D eigenvalue weighted by Crippen LogP contribution is -2.47. The second-order valence-corrected chi connectivity index (χ2v) is 10.3. The number of nitrogens with one attached hydrogen (secondary N) is 1. The van der Waals surface area contributed by atoms with E-state index in [0.717, 1.165) is 48.3 Å². The average molecular weight is 475 g/mol. The Morgan fingerprint density at radius 3 is 2.71 bits per heavy atom. The van der Waals surface area contributed by atoms with Crippen LogP contribution in [0.5, 0.6) is 5.75 Å². The molecule has 4 heterocycles. The van der Waals surface area contributed by atoms with Gasteiger partial charge in [-0.15, -0.1) is 10.2 Å². The highest BCUT2D eigenvalue weighted by Gasteiger charge is 2.36. The van der Waals surface area contributed by atoms with Crippen LogP contribution in [0, 0.1) is 11.8 Å². The summed E-state index contributed by atoms with van der Waals surface area (Å²) in [5.74, 6) is 3.08. The molecule has 0 bridgehead atoms. The van der Waals surface area contributed by atoms with E-state index in [1.807, 2.05) is 16.9 Å². The number of piperidine rings is 1. The van der Waals surface area contributed by atoms with Crippen molar-refractivity contribution in [3.63, 3.8) is 0 Å². The molecule has 1 aliphatic heterocycles. The third-order valence-corrected chi connectivity index (χ3v) is 7.75. The van der Waals surface area contributed by atoms with Crippen LogP contribution < -0.4 is 15.0 Å². The van der Waals surface area contributed by atoms with E-state index in [1.54, 1.807) is 19.5 Å². The minimum atomic E-state index is 0.0506. The molecule has 0 aromatic carbocycles. The van der Waals surface area contributed by atoms with Crippen molar-refractivity contribution in [2.24, 2.45) is 11.8 Å². The molecule has 3 fully saturated rings. The van der Waals surface area contributed by atoms with Gasteiger partial charge in [0.15, 0.2) is 5.82 Å². The molecule has 184 valence electrons. The summed E-state index contributed by atoms with van der Waals surface area (Å²) in [6.45, 7) is 3.22. The van der Waals surface area contributed by atoms with Crippen LogP contribution in [0.2, 0.25) is 0 Å². The first-order valence-corrected chi connectivity index (χ1v) is 13.0. The second-order valence-electron chi connectivity index (χ2n) is 10.3. The fraction of sp³-hybridized carbons (Fsp3) is 0.577. The Morgan fingerprint density at radius 1 is 1.06 bits per heavy atom. The van der Waals surface area contributed by atoms with Gasteiger partial charge in [-0.05, 0) is 75.1 Å². The number of anilines is 1. The van der Waals surface area contributed by atoms with Crippen molar-refractivity contribution in [1.82, 2.24) is 35.5 Å². The van der Waals surface area contributed by atoms with E-state index in [-0.39, 0.29) is 6.04 Å². The molecule has 2 aliphatic carbocycles. The highest BCUT2D eigenvalue weighted by Crippen LogP contribution is 2.43. The van der Waals surface area contributed by atoms with E-state index in [9.17, 15) is 0 Å². The highest BCUT2D eigenvalue weighted by atomic mass is 16.5. The molecule has 9 nitrogen and oxygen atoms in total. The summed E-state index contributed by atoms with van der Waals surface area (Å²) in [6.07, 6.45) is 14.4. The fourth-order valence-electron chi connectivity index (χ4n) is 5.26. The number of rotatable bonds is 9. The van der Waals surface area contributed by atoms with Crippen LogP contribution in [0.1, 0.15) is 56.7 Å². The van der Waals surface area contributed by atoms with Crippen LogP contribution in [0.3, 0.4) is 0 Å². The van der Waals surface area contributed by atoms with E-state index in [2.05, 4.69) is 47.8 Å². The zero-order chi connectivity index (χ0) is 23.6. The Morgan fingerprint density at radius 2 is 1.97 bits per heavy atom. The molecule has 2 atom stereocenters. The molecule has 0 amide bonds. The van der Waals surface area contributed by atoms with Gasteiger partial charge in [0.05, 0.1) is 25.2 Å². The summed E-state index contributed by atoms with van der Waals surface area (Å²) in [7, 11) is 1.64. The van der Waals surface area contributed by atoms with E-state index >= 15 is 0 Å². The third-order valence-electron chi connectivity index (χ3n) is 7.75. The molecule has 3 aliphatic rings. The predicted molar refractivity (Wildman–Crippen MR) is 133 cm³/mol. The molecule has 0 radical (unpaired) electrons. The molecule has 0 spiro atoms. The molecule has 9 heteroatoms. The molecule has 35 heavy (non-hydrogen) atoms. The number of ether oxygens (including phenoxy) is 1. The van der Waals surface area contributed by atoms with Crippen LogP contribution >= 0.6 is 0 Å². The van der Waals surface area contributed by atoms with Crippen molar-refractivity contribution in [1.29, 1.82) is 0 Å². The normalized spacial score (nSPS) is 21.5. The Hall–Kier alpha value is -3.07. The zero-order valence-electron chi connectivity index (χ0n) is 20.4. The van der Waals surface area contributed by atoms with Crippen molar-refractivity contribution in [2.75, 3.05) is 31.6 Å². The van der Waals surface area contributed by atoms with Crippen LogP contribution in [0.25, 0.3) is 11.3 Å². The number of hydrogen-bond acceptors (Lipinski definition) is 8. The first-order valence-electron chi connectivity index (χ1n) is 13.0. The SMILES string of the molecule is COc1cncc(-c2cn(C(c3ccc(N4CCCC(NCC5CCC5)C4)nn3)C3CC3)nn2)c1. The summed E-state index contributed by atoms with van der Waals surface area (Å²) < 4.78 is 7.25. The van der Waals surface area contributed by atoms with Gasteiger partial charge >= 0.3 is 0 Å². The molecule has 2 unspecified atom stereocenters. The third kappa shape index (κ3) is 5.00. The quantitative estimate of drug-likeness (QED) is 0.504. The van der Waals surface area contributed by atoms with Crippen molar-refractivity contribution >= 4 is 5.82 Å². The minimum absolute atomic E-state index is 0.0506. The maximum Gasteiger partial charge on any atom is 0.151 e. The van der Waals surface area contributed by atoms with Crippen LogP contribution in [0.15, 0.2) is 36.8 Å². The van der Waals surface area contributed by atoms with Gasteiger partial charge in [0.25, 0.3) is 0 Å². The highest BCUT2D eigenvalue weighted by molar-refractivity contribution is 5.58. The molecule has 1 saturated heterocycles. The smallest absolute Gasteiger partial charge is 0.151 e. The summed E-state index contributed by atoms with van der Waals surface area (Å²) in [5.41, 5.74) is 2.62. The maximum atomic E-state index is 5.30. The van der Waals surface area contributed by atoms with Crippen molar-refractivity contribution < 1.29 is 4.74 Å². The predicted octanol–water partition coefficient (Wildman–Crippen LogP) is 3.50. The van der Waals surface area contributed by atoms with Gasteiger partial charge in [-0.2, -0.15) is 5.10 Å². The van der Waals surface area contributed by atoms with E-state index in [1.165, 1.54) is 44.9 Å². The average Bonchev–Trinajstić information content (AvgIpc) is 3.59. The molecular weight excluding hydrogens is 440 g/mol. The zero-order valence-corrected chi connectivity index (χ0v) is 20.4. The molecule has 2 saturated carbocycles. The Bertz CT molecular complexity index is 1120. The van der Waals surface area contributed by atoms with Gasteiger partial charge in [-0.3, -0.25) is 4.98 Å². The van der Waals surface area contributed by atoms with Gasteiger partial charge in [-0.25, -0.2) is 4.68 Å². The van der Waals surface area contributed by atoms with Crippen LogP contribution in [0.4, 0.5) is 5.82 Å². The van der Waals surface area contributed by atoms with E-state index < -0.39 is 0 Å². The number of methoxy groups -OCH3 is 1. The van der Waals surface area contributed by atoms with Gasteiger partial charge in [0.2, 0.25) is 0 Å². The van der Waals surface area contributed by atoms with Crippen LogP contribution in [-0.2, 0) is 0 Å². The second kappa shape index (κ2) is 9.89. The summed E-state index contributed by atoms with van der Waals surface area (Å²) in [4.78, 5) is 6.63. The summed E-state index contributed by atoms with van der Waals surface area (Å²) >= 11 is 0. The van der Waals surface area contributed by atoms with Gasteiger partial charge in [0.1, 0.15) is 17.5 Å². The standard InChI is InChI=1S/C26H34N8O/c1-35-22-12-20(14-27-15-22)24-17-34(32-30-24)26(19-7-8-19)23-9-10-25(31-29-23)33-11-3-6-21(16-33)28-13-18-4-2-5-18/h9-10,12,14-15,17-19,21,26,28H,2-8,11,13,16H2,1H3. The summed E-state index contributed by atoms with van der Waals surface area (Å²) in [5, 5.41) is 22.0. The fourth-order valence-corrected chi connectivity index (χ4v) is 5.26. The Balaban J connectivity index is 1.15. The number of pyridine rings is 1. The monoisotopic (exact) mass is 474 g/mol. The molecule has 1 N–H and O–H groups in total. The topological polar surface area (TPSA) is 93.9 Å². The molecule has 3 aromatic heterocycles. The molecular formula is C26H34N8O. The van der Waals surface area contributed by atoms with Crippen molar-refractivity contribution in [3.05, 3.63) is 42.5 Å². The largest absolute Gasteiger partial charge is 0.495 e. The first kappa shape index (κ1) is 22.4. The van der Waals surface area contributed by atoms with Gasteiger partial charge in [0, 0.05) is 30.9 Å². The molecule has 6 rings (SSSR count). The lowest BCUT2D eigenvalue weighted by molar-refractivity contribution is 0.280. The lowest BCUT2D eigenvalue weighted by Gasteiger charge is -2.35. The van der Waals surface area contributed by atoms with Gasteiger partial charge < -0.3 is 15.0 Å². The van der Waals surface area contributed by atoms with Gasteiger partial charge in [-0.1, -0.05) is 11.6 Å². The molecule has 3 aromatic rings. The maximum absolute atomic E-state index is 5.30. The Kier molecular flexibility index (Phi) is 6.33. The number of aromatic nitrogens is 6. The lowest BCUT2D eigenvalue weighted by atomic mass is 9.85. The summed E-state index contributed by atoms with van der Waals surface area (Å²) in [6, 6.07) is 6.79. The van der Waals surface area contributed by atoms with Crippen LogP contribution in [-0.4, -0.2) is 63.0 Å². The van der Waals surface area contributed by atoms with Crippen molar-refractivity contribution in [2.45, 2.75) is 57.0 Å². The van der Waals surface area contributed by atoms with E-state index in [4.69, 9.17) is 4.74 Å². The van der Waals surface area contributed by atoms with Crippen molar-refractivity contribution in [3.8, 4) is 17.0 Å². The number of nitrogens with zero attached hydrogens (tertiary/aromatic N) is 7.